The molecule has 1 unspecified atom stereocenters. The van der Waals surface area contributed by atoms with Crippen molar-refractivity contribution >= 4 is 5.69 Å². The molecule has 0 fully saturated rings. The van der Waals surface area contributed by atoms with Gasteiger partial charge in [-0.1, -0.05) is 18.2 Å². The minimum atomic E-state index is -2.87. The van der Waals surface area contributed by atoms with Gasteiger partial charge in [0.15, 0.2) is 0 Å². The smallest absolute Gasteiger partial charge is 0.387 e. The molecule has 24 heavy (non-hydrogen) atoms. The molecular formula is C18H21F2NO3. The lowest BCUT2D eigenvalue weighted by Crippen LogP contribution is -2.11. The topological polar surface area (TPSA) is 50.7 Å². The van der Waals surface area contributed by atoms with Gasteiger partial charge >= 0.3 is 6.61 Å². The van der Waals surface area contributed by atoms with Crippen LogP contribution in [0.5, 0.6) is 11.5 Å². The maximum Gasteiger partial charge on any atom is 0.387 e. The Hall–Kier alpha value is -2.34. The van der Waals surface area contributed by atoms with E-state index in [2.05, 4.69) is 10.1 Å². The number of alkyl halides is 2. The molecule has 0 radical (unpaired) electrons. The number of anilines is 1. The molecule has 0 bridgehead atoms. The number of hydrogen-bond acceptors (Lipinski definition) is 4. The van der Waals surface area contributed by atoms with Crippen molar-refractivity contribution in [1.29, 1.82) is 0 Å². The van der Waals surface area contributed by atoms with Crippen molar-refractivity contribution in [2.24, 2.45) is 0 Å². The summed E-state index contributed by atoms with van der Waals surface area (Å²) in [6, 6.07) is 11.8. The lowest BCUT2D eigenvalue weighted by atomic mass is 10.1. The molecule has 0 spiro atoms. The lowest BCUT2D eigenvalue weighted by Gasteiger charge is -2.20. The van der Waals surface area contributed by atoms with Crippen molar-refractivity contribution in [2.45, 2.75) is 33.1 Å². The third-order valence-electron chi connectivity index (χ3n) is 3.52. The van der Waals surface area contributed by atoms with Crippen LogP contribution >= 0.6 is 0 Å². The summed E-state index contributed by atoms with van der Waals surface area (Å²) in [6.07, 6.45) is 0. The van der Waals surface area contributed by atoms with Crippen LogP contribution < -0.4 is 14.8 Å². The fraction of sp³-hybridized carbons (Fsp3) is 0.333. The van der Waals surface area contributed by atoms with Crippen LogP contribution in [0.3, 0.4) is 0 Å². The van der Waals surface area contributed by atoms with Crippen molar-refractivity contribution in [1.82, 2.24) is 0 Å². The van der Waals surface area contributed by atoms with Crippen molar-refractivity contribution in [3.8, 4) is 11.5 Å². The van der Waals surface area contributed by atoms with Crippen LogP contribution in [0.15, 0.2) is 42.5 Å². The first-order valence-corrected chi connectivity index (χ1v) is 7.72. The minimum absolute atomic E-state index is 0.140. The molecular weight excluding hydrogens is 316 g/mol. The Morgan fingerprint density at radius 3 is 2.54 bits per heavy atom. The summed E-state index contributed by atoms with van der Waals surface area (Å²) in [6.45, 7) is 1.21. The molecule has 0 saturated carbocycles. The second kappa shape index (κ2) is 8.49. The Labute approximate surface area is 140 Å². The highest BCUT2D eigenvalue weighted by atomic mass is 19.3. The molecule has 130 valence electrons. The normalized spacial score (nSPS) is 12.1. The average molecular weight is 337 g/mol. The van der Waals surface area contributed by atoms with Crippen molar-refractivity contribution < 1.29 is 23.4 Å². The molecule has 2 aromatic rings. The fourth-order valence-corrected chi connectivity index (χ4v) is 2.46. The zero-order chi connectivity index (χ0) is 17.5. The van der Waals surface area contributed by atoms with E-state index in [1.807, 2.05) is 19.9 Å². The lowest BCUT2D eigenvalue weighted by molar-refractivity contribution is -0.0505. The molecule has 4 nitrogen and oxygen atoms in total. The van der Waals surface area contributed by atoms with Crippen molar-refractivity contribution in [3.05, 3.63) is 53.6 Å². The second-order valence-electron chi connectivity index (χ2n) is 5.20. The van der Waals surface area contributed by atoms with Crippen LogP contribution in [0, 0.1) is 0 Å². The first-order chi connectivity index (χ1) is 11.5. The van der Waals surface area contributed by atoms with Crippen molar-refractivity contribution in [3.63, 3.8) is 0 Å². The van der Waals surface area contributed by atoms with E-state index >= 15 is 0 Å². The molecule has 0 aliphatic heterocycles. The Balaban J connectivity index is 2.19. The zero-order valence-electron chi connectivity index (χ0n) is 13.6. The molecule has 2 aromatic carbocycles. The van der Waals surface area contributed by atoms with Gasteiger partial charge in [0.2, 0.25) is 0 Å². The Kier molecular flexibility index (Phi) is 6.37. The number of hydrogen-bond donors (Lipinski definition) is 2. The third kappa shape index (κ3) is 4.58. The van der Waals surface area contributed by atoms with Crippen LogP contribution in [0.4, 0.5) is 14.5 Å². The van der Waals surface area contributed by atoms with Gasteiger partial charge in [-0.2, -0.15) is 8.78 Å². The zero-order valence-corrected chi connectivity index (χ0v) is 13.6. The van der Waals surface area contributed by atoms with Crippen LogP contribution in [-0.4, -0.2) is 18.3 Å². The Bertz CT molecular complexity index is 664. The molecule has 0 amide bonds. The number of aliphatic hydroxyl groups is 1. The summed E-state index contributed by atoms with van der Waals surface area (Å²) in [5.41, 5.74) is 2.03. The average Bonchev–Trinajstić information content (AvgIpc) is 2.56. The van der Waals surface area contributed by atoms with Gasteiger partial charge < -0.3 is 19.9 Å². The van der Waals surface area contributed by atoms with Gasteiger partial charge in [-0.3, -0.25) is 0 Å². The van der Waals surface area contributed by atoms with Gasteiger partial charge in [-0.25, -0.2) is 0 Å². The number of benzene rings is 2. The van der Waals surface area contributed by atoms with Crippen LogP contribution in [0.1, 0.15) is 31.0 Å². The number of ether oxygens (including phenoxy) is 2. The van der Waals surface area contributed by atoms with E-state index in [1.165, 1.54) is 6.07 Å². The summed E-state index contributed by atoms with van der Waals surface area (Å²) in [4.78, 5) is 0. The van der Waals surface area contributed by atoms with Gasteiger partial charge in [0, 0.05) is 16.8 Å². The molecule has 0 heterocycles. The molecule has 2 N–H and O–H groups in total. The van der Waals surface area contributed by atoms with E-state index in [1.54, 1.807) is 30.3 Å². The maximum absolute atomic E-state index is 12.5. The van der Waals surface area contributed by atoms with Crippen LogP contribution in [0.25, 0.3) is 0 Å². The number of nitrogens with one attached hydrogen (secondary N) is 1. The Morgan fingerprint density at radius 2 is 1.88 bits per heavy atom. The molecule has 6 heteroatoms. The van der Waals surface area contributed by atoms with Gasteiger partial charge in [0.05, 0.1) is 19.3 Å². The van der Waals surface area contributed by atoms with Crippen LogP contribution in [-0.2, 0) is 6.61 Å². The predicted octanol–water partition coefficient (Wildman–Crippen LogP) is 4.35. The van der Waals surface area contributed by atoms with Gasteiger partial charge in [-0.05, 0) is 38.1 Å². The summed E-state index contributed by atoms with van der Waals surface area (Å²) in [5, 5.41) is 12.7. The fourth-order valence-electron chi connectivity index (χ4n) is 2.46. The van der Waals surface area contributed by atoms with Gasteiger partial charge in [-0.15, -0.1) is 0 Å². The molecule has 0 aliphatic rings. The molecule has 0 aliphatic carbocycles. The standard InChI is InChI=1S/C18H21F2NO3/c1-3-23-16-9-8-14(10-13(16)11-22)21-12(2)15-6-4-5-7-17(15)24-18(19)20/h4-10,12,18,21-22H,3,11H2,1-2H3. The van der Waals surface area contributed by atoms with Crippen LogP contribution in [0.2, 0.25) is 0 Å². The molecule has 0 aromatic heterocycles. The van der Waals surface area contributed by atoms with E-state index in [9.17, 15) is 13.9 Å². The number of aliphatic hydroxyl groups excluding tert-OH is 1. The highest BCUT2D eigenvalue weighted by Gasteiger charge is 2.15. The third-order valence-corrected chi connectivity index (χ3v) is 3.52. The molecule has 2 rings (SSSR count). The monoisotopic (exact) mass is 337 g/mol. The predicted molar refractivity (Wildman–Crippen MR) is 88.6 cm³/mol. The quantitative estimate of drug-likeness (QED) is 0.752. The first kappa shape index (κ1) is 18.0. The van der Waals surface area contributed by atoms with E-state index in [4.69, 9.17) is 4.74 Å². The highest BCUT2D eigenvalue weighted by molar-refractivity contribution is 5.53. The maximum atomic E-state index is 12.5. The summed E-state index contributed by atoms with van der Waals surface area (Å²) >= 11 is 0. The van der Waals surface area contributed by atoms with Gasteiger partial charge in [0.1, 0.15) is 11.5 Å². The Morgan fingerprint density at radius 1 is 1.12 bits per heavy atom. The molecule has 0 saturated heterocycles. The van der Waals surface area contributed by atoms with E-state index < -0.39 is 6.61 Å². The minimum Gasteiger partial charge on any atom is -0.494 e. The van der Waals surface area contributed by atoms with E-state index in [-0.39, 0.29) is 18.4 Å². The van der Waals surface area contributed by atoms with E-state index in [0.29, 0.717) is 23.5 Å². The highest BCUT2D eigenvalue weighted by Crippen LogP contribution is 2.30. The van der Waals surface area contributed by atoms with Crippen molar-refractivity contribution in [2.75, 3.05) is 11.9 Å². The SMILES string of the molecule is CCOc1ccc(NC(C)c2ccccc2OC(F)F)cc1CO. The summed E-state index contributed by atoms with van der Waals surface area (Å²) in [5.74, 6) is 0.764. The van der Waals surface area contributed by atoms with E-state index in [0.717, 1.165) is 5.69 Å². The van der Waals surface area contributed by atoms with Gasteiger partial charge in [0.25, 0.3) is 0 Å². The first-order valence-electron chi connectivity index (χ1n) is 7.72. The number of para-hydroxylation sites is 1. The second-order valence-corrected chi connectivity index (χ2v) is 5.20. The number of halogens is 2. The number of rotatable bonds is 8. The largest absolute Gasteiger partial charge is 0.494 e. The summed E-state index contributed by atoms with van der Waals surface area (Å²) < 4.78 is 35.1. The molecule has 1 atom stereocenters. The summed E-state index contributed by atoms with van der Waals surface area (Å²) in [7, 11) is 0.